The number of benzene rings is 1. The van der Waals surface area contributed by atoms with Crippen LogP contribution in [0.15, 0.2) is 41.8 Å². The number of hydrogen-bond donors (Lipinski definition) is 2. The van der Waals surface area contributed by atoms with E-state index in [4.69, 9.17) is 11.6 Å². The number of carbonyl (C=O) groups is 1. The summed E-state index contributed by atoms with van der Waals surface area (Å²) < 4.78 is 0. The van der Waals surface area contributed by atoms with E-state index < -0.39 is 0 Å². The zero-order valence-electron chi connectivity index (χ0n) is 15.8. The first-order valence-corrected chi connectivity index (χ1v) is 10.9. The Kier molecular flexibility index (Phi) is 6.41. The van der Waals surface area contributed by atoms with Gasteiger partial charge in [0.2, 0.25) is 5.91 Å². The molecule has 150 valence electrons. The molecule has 0 aliphatic heterocycles. The second kappa shape index (κ2) is 9.37. The van der Waals surface area contributed by atoms with Crippen LogP contribution in [-0.2, 0) is 11.3 Å². The Balaban J connectivity index is 1.45. The molecule has 2 N–H and O–H groups in total. The molecule has 1 amide bonds. The molecule has 1 fully saturated rings. The van der Waals surface area contributed by atoms with Crippen molar-refractivity contribution in [1.29, 1.82) is 0 Å². The van der Waals surface area contributed by atoms with Gasteiger partial charge >= 0.3 is 0 Å². The van der Waals surface area contributed by atoms with Gasteiger partial charge in [-0.1, -0.05) is 36.2 Å². The Hall–Kier alpha value is -2.45. The minimum Gasteiger partial charge on any atom is -0.367 e. The molecule has 9 heteroatoms. The fourth-order valence-electron chi connectivity index (χ4n) is 3.32. The molecule has 0 spiro atoms. The maximum Gasteiger partial charge on any atom is 0.230 e. The lowest BCUT2D eigenvalue weighted by Gasteiger charge is -2.16. The highest BCUT2D eigenvalue weighted by Gasteiger charge is 2.18. The highest BCUT2D eigenvalue weighted by molar-refractivity contribution is 7.99. The number of rotatable bonds is 7. The SMILES string of the molecule is O=C(CSc1ncccn1)NCc1nc(NC2CCCC2)c2cc(Cl)ccc2n1. The summed E-state index contributed by atoms with van der Waals surface area (Å²) in [5.41, 5.74) is 0.807. The van der Waals surface area contributed by atoms with Gasteiger partial charge in [0.25, 0.3) is 0 Å². The van der Waals surface area contributed by atoms with Gasteiger partial charge in [0.1, 0.15) is 5.82 Å². The first-order chi connectivity index (χ1) is 14.2. The zero-order valence-corrected chi connectivity index (χ0v) is 17.3. The molecular formula is C20H21ClN6OS. The first-order valence-electron chi connectivity index (χ1n) is 9.56. The van der Waals surface area contributed by atoms with Crippen LogP contribution in [0, 0.1) is 0 Å². The molecule has 0 radical (unpaired) electrons. The van der Waals surface area contributed by atoms with Gasteiger partial charge in [-0.25, -0.2) is 19.9 Å². The molecule has 7 nitrogen and oxygen atoms in total. The Morgan fingerprint density at radius 2 is 1.97 bits per heavy atom. The van der Waals surface area contributed by atoms with Gasteiger partial charge in [0.15, 0.2) is 11.0 Å². The summed E-state index contributed by atoms with van der Waals surface area (Å²) in [6.07, 6.45) is 8.04. The molecule has 4 rings (SSSR count). The second-order valence-corrected chi connectivity index (χ2v) is 8.25. The molecule has 2 aromatic heterocycles. The van der Waals surface area contributed by atoms with Crippen molar-refractivity contribution in [3.05, 3.63) is 47.5 Å². The predicted molar refractivity (Wildman–Crippen MR) is 115 cm³/mol. The van der Waals surface area contributed by atoms with E-state index in [2.05, 4.69) is 30.6 Å². The lowest BCUT2D eigenvalue weighted by Crippen LogP contribution is -2.26. The molecule has 0 unspecified atom stereocenters. The highest BCUT2D eigenvalue weighted by Crippen LogP contribution is 2.28. The second-order valence-electron chi connectivity index (χ2n) is 6.87. The van der Waals surface area contributed by atoms with Crippen molar-refractivity contribution in [2.75, 3.05) is 11.1 Å². The minimum absolute atomic E-state index is 0.118. The average molecular weight is 429 g/mol. The number of aromatic nitrogens is 4. The van der Waals surface area contributed by atoms with Crippen LogP contribution in [-0.4, -0.2) is 37.6 Å². The highest BCUT2D eigenvalue weighted by atomic mass is 35.5. The molecule has 1 aliphatic rings. The molecule has 0 atom stereocenters. The quantitative estimate of drug-likeness (QED) is 0.436. The van der Waals surface area contributed by atoms with Crippen molar-refractivity contribution in [2.24, 2.45) is 0 Å². The lowest BCUT2D eigenvalue weighted by atomic mass is 10.2. The van der Waals surface area contributed by atoms with E-state index in [-0.39, 0.29) is 18.2 Å². The van der Waals surface area contributed by atoms with Crippen LogP contribution in [0.3, 0.4) is 0 Å². The van der Waals surface area contributed by atoms with E-state index in [0.29, 0.717) is 22.0 Å². The molecule has 1 saturated carbocycles. The van der Waals surface area contributed by atoms with E-state index in [1.807, 2.05) is 18.2 Å². The van der Waals surface area contributed by atoms with Crippen LogP contribution in [0.1, 0.15) is 31.5 Å². The van der Waals surface area contributed by atoms with Crippen LogP contribution in [0.4, 0.5) is 5.82 Å². The van der Waals surface area contributed by atoms with Gasteiger partial charge in [-0.3, -0.25) is 4.79 Å². The van der Waals surface area contributed by atoms with Gasteiger partial charge in [0, 0.05) is 28.8 Å². The Morgan fingerprint density at radius 3 is 2.76 bits per heavy atom. The largest absolute Gasteiger partial charge is 0.367 e. The van der Waals surface area contributed by atoms with Crippen LogP contribution in [0.2, 0.25) is 5.02 Å². The lowest BCUT2D eigenvalue weighted by molar-refractivity contribution is -0.118. The van der Waals surface area contributed by atoms with Crippen molar-refractivity contribution in [3.8, 4) is 0 Å². The number of halogens is 1. The predicted octanol–water partition coefficient (Wildman–Crippen LogP) is 3.84. The van der Waals surface area contributed by atoms with Gasteiger partial charge in [-0.2, -0.15) is 0 Å². The number of anilines is 1. The normalized spacial score (nSPS) is 14.2. The summed E-state index contributed by atoms with van der Waals surface area (Å²) >= 11 is 7.47. The summed E-state index contributed by atoms with van der Waals surface area (Å²) in [4.78, 5) is 29.6. The van der Waals surface area contributed by atoms with Crippen LogP contribution in [0.5, 0.6) is 0 Å². The van der Waals surface area contributed by atoms with E-state index in [9.17, 15) is 4.79 Å². The number of carbonyl (C=O) groups excluding carboxylic acids is 1. The molecule has 3 aromatic rings. The summed E-state index contributed by atoms with van der Waals surface area (Å²) in [6.45, 7) is 0.257. The Labute approximate surface area is 178 Å². The minimum atomic E-state index is -0.118. The maximum atomic E-state index is 12.2. The van der Waals surface area contributed by atoms with Crippen molar-refractivity contribution >= 4 is 46.0 Å². The summed E-state index contributed by atoms with van der Waals surface area (Å²) in [6, 6.07) is 7.73. The third-order valence-electron chi connectivity index (χ3n) is 4.72. The van der Waals surface area contributed by atoms with E-state index in [1.165, 1.54) is 24.6 Å². The summed E-state index contributed by atoms with van der Waals surface area (Å²) in [7, 11) is 0. The zero-order chi connectivity index (χ0) is 20.1. The molecule has 1 aliphatic carbocycles. The number of nitrogens with zero attached hydrogens (tertiary/aromatic N) is 4. The van der Waals surface area contributed by atoms with Crippen molar-refractivity contribution in [3.63, 3.8) is 0 Å². The van der Waals surface area contributed by atoms with Crippen molar-refractivity contribution in [2.45, 2.75) is 43.4 Å². The first kappa shape index (κ1) is 19.8. The number of amides is 1. The molecule has 0 saturated heterocycles. The van der Waals surface area contributed by atoms with Crippen molar-refractivity contribution < 1.29 is 4.79 Å². The average Bonchev–Trinajstić information content (AvgIpc) is 3.25. The summed E-state index contributed by atoms with van der Waals surface area (Å²) in [5.74, 6) is 1.46. The Morgan fingerprint density at radius 1 is 1.17 bits per heavy atom. The van der Waals surface area contributed by atoms with Crippen LogP contribution in [0.25, 0.3) is 10.9 Å². The monoisotopic (exact) mass is 428 g/mol. The molecule has 29 heavy (non-hydrogen) atoms. The maximum absolute atomic E-state index is 12.2. The number of thioether (sulfide) groups is 1. The number of nitrogens with one attached hydrogen (secondary N) is 2. The topological polar surface area (TPSA) is 92.7 Å². The standard InChI is InChI=1S/C20H21ClN6OS/c21-13-6-7-16-15(10-13)19(25-14-4-1-2-5-14)27-17(26-16)11-24-18(28)12-29-20-22-8-3-9-23-20/h3,6-10,14H,1-2,4-5,11-12H2,(H,24,28)(H,25,26,27). The van der Waals surface area contributed by atoms with Gasteiger partial charge in [-0.05, 0) is 37.1 Å². The van der Waals surface area contributed by atoms with Gasteiger partial charge < -0.3 is 10.6 Å². The molecular weight excluding hydrogens is 408 g/mol. The van der Waals surface area contributed by atoms with Crippen LogP contribution < -0.4 is 10.6 Å². The van der Waals surface area contributed by atoms with Crippen molar-refractivity contribution in [1.82, 2.24) is 25.3 Å². The molecule has 1 aromatic carbocycles. The third-order valence-corrected chi connectivity index (χ3v) is 5.83. The van der Waals surface area contributed by atoms with Gasteiger partial charge in [0.05, 0.1) is 17.8 Å². The third kappa shape index (κ3) is 5.33. The summed E-state index contributed by atoms with van der Waals surface area (Å²) in [5, 5.41) is 8.54. The molecule has 0 bridgehead atoms. The molecule has 2 heterocycles. The Bertz CT molecular complexity index is 997. The smallest absolute Gasteiger partial charge is 0.230 e. The van der Waals surface area contributed by atoms with E-state index in [1.54, 1.807) is 18.5 Å². The van der Waals surface area contributed by atoms with Gasteiger partial charge in [-0.15, -0.1) is 0 Å². The fraction of sp³-hybridized carbons (Fsp3) is 0.350. The fourth-order valence-corrected chi connectivity index (χ4v) is 4.13. The number of fused-ring (bicyclic) bond motifs is 1. The number of hydrogen-bond acceptors (Lipinski definition) is 7. The van der Waals surface area contributed by atoms with E-state index in [0.717, 1.165) is 29.6 Å². The van der Waals surface area contributed by atoms with E-state index >= 15 is 0 Å². The van der Waals surface area contributed by atoms with Crippen LogP contribution >= 0.6 is 23.4 Å².